The molecule has 1 heterocycles. The third kappa shape index (κ3) is 4.02. The lowest BCUT2D eigenvalue weighted by Crippen LogP contribution is -2.23. The molecule has 0 aromatic heterocycles. The number of nitrogens with zero attached hydrogens (tertiary/aromatic N) is 1. The maximum absolute atomic E-state index is 12.8. The molecule has 0 fully saturated rings. The van der Waals surface area contributed by atoms with Crippen molar-refractivity contribution in [1.82, 2.24) is 4.90 Å². The molecule has 28 heavy (non-hydrogen) atoms. The molecule has 3 rings (SSSR count). The summed E-state index contributed by atoms with van der Waals surface area (Å²) in [7, 11) is 3.37. The predicted molar refractivity (Wildman–Crippen MR) is 108 cm³/mol. The second-order valence-electron chi connectivity index (χ2n) is 6.73. The lowest BCUT2D eigenvalue weighted by atomic mass is 9.93. The maximum Gasteiger partial charge on any atom is 0.193 e. The van der Waals surface area contributed by atoms with Gasteiger partial charge in [0.25, 0.3) is 0 Å². The molecule has 6 nitrogen and oxygen atoms in total. The number of hydrogen-bond acceptors (Lipinski definition) is 6. The van der Waals surface area contributed by atoms with Crippen molar-refractivity contribution in [2.45, 2.75) is 6.42 Å². The van der Waals surface area contributed by atoms with Crippen LogP contribution in [0.15, 0.2) is 42.5 Å². The third-order valence-corrected chi connectivity index (χ3v) is 4.76. The number of ketones is 1. The van der Waals surface area contributed by atoms with Crippen molar-refractivity contribution in [1.29, 1.82) is 0 Å². The third-order valence-electron chi connectivity index (χ3n) is 4.76. The fraction of sp³-hybridized carbons (Fsp3) is 0.227. The molecule has 1 aliphatic heterocycles. The average molecular weight is 381 g/mol. The first kappa shape index (κ1) is 19.5. The van der Waals surface area contributed by atoms with E-state index in [0.29, 0.717) is 13.0 Å². The number of benzene rings is 2. The summed E-state index contributed by atoms with van der Waals surface area (Å²) in [5, 5.41) is 30.6. The van der Waals surface area contributed by atoms with E-state index in [-0.39, 0.29) is 34.1 Å². The maximum atomic E-state index is 12.8. The van der Waals surface area contributed by atoms with E-state index in [9.17, 15) is 20.1 Å². The molecule has 146 valence electrons. The highest BCUT2D eigenvalue weighted by Gasteiger charge is 2.25. The Bertz CT molecular complexity index is 944. The molecular formula is C22H23NO5. The molecule has 0 unspecified atom stereocenters. The summed E-state index contributed by atoms with van der Waals surface area (Å²) in [6, 6.07) is 7.74. The topological polar surface area (TPSA) is 90.2 Å². The van der Waals surface area contributed by atoms with Crippen LogP contribution >= 0.6 is 0 Å². The zero-order valence-corrected chi connectivity index (χ0v) is 15.8. The number of carbonyl (C=O) groups excluding carboxylic acids is 1. The number of hydrogen-bond donors (Lipinski definition) is 3. The van der Waals surface area contributed by atoms with Crippen molar-refractivity contribution >= 4 is 17.4 Å². The van der Waals surface area contributed by atoms with Crippen LogP contribution in [0.1, 0.15) is 27.9 Å². The van der Waals surface area contributed by atoms with Gasteiger partial charge in [0.1, 0.15) is 28.6 Å². The summed E-state index contributed by atoms with van der Waals surface area (Å²) in [5.74, 6) is -0.612. The quantitative estimate of drug-likeness (QED) is 0.543. The van der Waals surface area contributed by atoms with Crippen LogP contribution in [0.25, 0.3) is 11.6 Å². The van der Waals surface area contributed by atoms with Crippen LogP contribution in [-0.2, 0) is 0 Å². The van der Waals surface area contributed by atoms with Gasteiger partial charge >= 0.3 is 0 Å². The molecule has 3 N–H and O–H groups in total. The van der Waals surface area contributed by atoms with Crippen LogP contribution in [0, 0.1) is 0 Å². The molecule has 6 heteroatoms. The highest BCUT2D eigenvalue weighted by atomic mass is 16.5. The van der Waals surface area contributed by atoms with E-state index < -0.39 is 5.78 Å². The monoisotopic (exact) mass is 381 g/mol. The summed E-state index contributed by atoms with van der Waals surface area (Å²) in [4.78, 5) is 14.9. The van der Waals surface area contributed by atoms with Crippen molar-refractivity contribution in [3.63, 3.8) is 0 Å². The first-order valence-electron chi connectivity index (χ1n) is 8.93. The van der Waals surface area contributed by atoms with Gasteiger partial charge in [0, 0.05) is 19.2 Å². The van der Waals surface area contributed by atoms with Crippen molar-refractivity contribution in [3.05, 3.63) is 59.2 Å². The first-order chi connectivity index (χ1) is 13.4. The SMILES string of the molecule is COc1cc(O)c(C2=CCN(C)CC2)c(O)c1C(=O)/C=C/c1ccc(O)cc1. The number of aromatic hydroxyl groups is 3. The van der Waals surface area contributed by atoms with Gasteiger partial charge < -0.3 is 25.0 Å². The molecule has 0 radical (unpaired) electrons. The number of phenolic OH excluding ortho intramolecular Hbond substituents is 3. The summed E-state index contributed by atoms with van der Waals surface area (Å²) in [5.41, 5.74) is 1.80. The van der Waals surface area contributed by atoms with Gasteiger partial charge in [-0.25, -0.2) is 0 Å². The van der Waals surface area contributed by atoms with Crippen LogP contribution < -0.4 is 4.74 Å². The Morgan fingerprint density at radius 1 is 1.18 bits per heavy atom. The summed E-state index contributed by atoms with van der Waals surface area (Å²) < 4.78 is 5.22. The molecule has 2 aromatic rings. The Labute approximate surface area is 163 Å². The number of likely N-dealkylation sites (N-methyl/N-ethyl adjacent to an activating group) is 1. The lowest BCUT2D eigenvalue weighted by molar-refractivity contribution is 0.104. The van der Waals surface area contributed by atoms with Gasteiger partial charge in [-0.05, 0) is 42.8 Å². The number of carbonyl (C=O) groups is 1. The molecule has 0 spiro atoms. The minimum absolute atomic E-state index is 0.00477. The van der Waals surface area contributed by atoms with Gasteiger partial charge in [-0.3, -0.25) is 4.79 Å². The Morgan fingerprint density at radius 3 is 2.50 bits per heavy atom. The normalized spacial score (nSPS) is 14.9. The van der Waals surface area contributed by atoms with Gasteiger partial charge in [-0.1, -0.05) is 24.3 Å². The average Bonchev–Trinajstić information content (AvgIpc) is 2.68. The molecule has 0 saturated heterocycles. The van der Waals surface area contributed by atoms with Gasteiger partial charge in [0.2, 0.25) is 0 Å². The van der Waals surface area contributed by atoms with Gasteiger partial charge in [-0.2, -0.15) is 0 Å². The predicted octanol–water partition coefficient (Wildman–Crippen LogP) is 3.43. The molecule has 1 aliphatic rings. The van der Waals surface area contributed by atoms with E-state index in [4.69, 9.17) is 4.74 Å². The highest BCUT2D eigenvalue weighted by Crippen LogP contribution is 2.43. The van der Waals surface area contributed by atoms with Crippen LogP contribution in [-0.4, -0.2) is 53.2 Å². The van der Waals surface area contributed by atoms with Gasteiger partial charge in [-0.15, -0.1) is 0 Å². The Kier molecular flexibility index (Phi) is 5.70. The number of rotatable bonds is 5. The molecule has 0 atom stereocenters. The molecule has 0 bridgehead atoms. The Morgan fingerprint density at radius 2 is 1.89 bits per heavy atom. The second kappa shape index (κ2) is 8.19. The van der Waals surface area contributed by atoms with Crippen molar-refractivity contribution in [2.24, 2.45) is 0 Å². The largest absolute Gasteiger partial charge is 0.508 e. The smallest absolute Gasteiger partial charge is 0.193 e. The summed E-state index contributed by atoms with van der Waals surface area (Å²) in [6.07, 6.45) is 5.50. The van der Waals surface area contributed by atoms with Crippen LogP contribution in [0.3, 0.4) is 0 Å². The molecule has 0 aliphatic carbocycles. The van der Waals surface area contributed by atoms with E-state index in [1.54, 1.807) is 18.2 Å². The Balaban J connectivity index is 2.00. The number of methoxy groups -OCH3 is 1. The molecule has 2 aromatic carbocycles. The lowest BCUT2D eigenvalue weighted by Gasteiger charge is -2.24. The van der Waals surface area contributed by atoms with E-state index in [1.807, 2.05) is 13.1 Å². The minimum atomic E-state index is -0.447. The van der Waals surface area contributed by atoms with Crippen molar-refractivity contribution in [2.75, 3.05) is 27.2 Å². The van der Waals surface area contributed by atoms with Crippen LogP contribution in [0.4, 0.5) is 0 Å². The number of allylic oxidation sites excluding steroid dienone is 1. The molecule has 0 amide bonds. The van der Waals surface area contributed by atoms with E-state index in [1.165, 1.54) is 31.4 Å². The van der Waals surface area contributed by atoms with Gasteiger partial charge in [0.05, 0.1) is 12.7 Å². The first-order valence-corrected chi connectivity index (χ1v) is 8.93. The fourth-order valence-corrected chi connectivity index (χ4v) is 3.19. The highest BCUT2D eigenvalue weighted by molar-refractivity contribution is 6.11. The van der Waals surface area contributed by atoms with Crippen LogP contribution in [0.5, 0.6) is 23.0 Å². The van der Waals surface area contributed by atoms with Crippen LogP contribution in [0.2, 0.25) is 0 Å². The zero-order chi connectivity index (χ0) is 20.3. The minimum Gasteiger partial charge on any atom is -0.508 e. The van der Waals surface area contributed by atoms with Crippen molar-refractivity contribution < 1.29 is 24.9 Å². The van der Waals surface area contributed by atoms with E-state index in [0.717, 1.165) is 17.7 Å². The fourth-order valence-electron chi connectivity index (χ4n) is 3.19. The van der Waals surface area contributed by atoms with Crippen molar-refractivity contribution in [3.8, 4) is 23.0 Å². The number of ether oxygens (including phenoxy) is 1. The Hall–Kier alpha value is -3.25. The van der Waals surface area contributed by atoms with Gasteiger partial charge in [0.15, 0.2) is 5.78 Å². The summed E-state index contributed by atoms with van der Waals surface area (Å²) >= 11 is 0. The number of phenols is 3. The second-order valence-corrected chi connectivity index (χ2v) is 6.73. The summed E-state index contributed by atoms with van der Waals surface area (Å²) in [6.45, 7) is 1.49. The molecule has 0 saturated carbocycles. The van der Waals surface area contributed by atoms with E-state index in [2.05, 4.69) is 4.90 Å². The van der Waals surface area contributed by atoms with E-state index >= 15 is 0 Å². The molecular weight excluding hydrogens is 358 g/mol. The zero-order valence-electron chi connectivity index (χ0n) is 15.8. The standard InChI is InChI=1S/C22H23NO5/c1-23-11-9-15(10-12-23)20-18(26)13-19(28-2)21(22(20)27)17(25)8-5-14-3-6-16(24)7-4-14/h3-9,13,24,26-27H,10-12H2,1-2H3/b8-5+.